The van der Waals surface area contributed by atoms with Crippen LogP contribution in [0.5, 0.6) is 17.2 Å². The summed E-state index contributed by atoms with van der Waals surface area (Å²) in [5.41, 5.74) is 0.678. The van der Waals surface area contributed by atoms with E-state index in [9.17, 15) is 4.79 Å². The van der Waals surface area contributed by atoms with Gasteiger partial charge in [0.25, 0.3) is 0 Å². The van der Waals surface area contributed by atoms with Gasteiger partial charge >= 0.3 is 0 Å². The van der Waals surface area contributed by atoms with Gasteiger partial charge in [0.15, 0.2) is 11.5 Å². The third-order valence-electron chi connectivity index (χ3n) is 3.05. The van der Waals surface area contributed by atoms with E-state index in [1.165, 1.54) is 0 Å². The van der Waals surface area contributed by atoms with Gasteiger partial charge in [-0.15, -0.1) is 0 Å². The van der Waals surface area contributed by atoms with Gasteiger partial charge in [0.05, 0.1) is 13.0 Å². The molecule has 1 aliphatic heterocycles. The number of ether oxygens (including phenoxy) is 3. The van der Waals surface area contributed by atoms with E-state index in [-0.39, 0.29) is 19.1 Å². The molecule has 1 amide bonds. The van der Waals surface area contributed by atoms with Crippen molar-refractivity contribution in [1.82, 2.24) is 0 Å². The van der Waals surface area contributed by atoms with Crippen molar-refractivity contribution in [2.45, 2.75) is 6.42 Å². The second-order valence-corrected chi connectivity index (χ2v) is 5.59. The fourth-order valence-electron chi connectivity index (χ4n) is 2.02. The van der Waals surface area contributed by atoms with Gasteiger partial charge in [-0.05, 0) is 30.3 Å². The smallest absolute Gasteiger partial charge is 0.231 e. The zero-order valence-electron chi connectivity index (χ0n) is 11.7. The maximum atomic E-state index is 11.9. The van der Waals surface area contributed by atoms with Crippen molar-refractivity contribution in [3.05, 3.63) is 46.9 Å². The van der Waals surface area contributed by atoms with E-state index < -0.39 is 0 Å². The molecular formula is C16H14BrNO4. The van der Waals surface area contributed by atoms with E-state index in [1.54, 1.807) is 18.2 Å². The first-order valence-electron chi connectivity index (χ1n) is 6.78. The van der Waals surface area contributed by atoms with Crippen LogP contribution in [0.4, 0.5) is 5.69 Å². The summed E-state index contributed by atoms with van der Waals surface area (Å²) in [7, 11) is 0. The molecule has 1 heterocycles. The standard InChI is InChI=1S/C16H14BrNO4/c17-11-2-1-3-13(8-11)20-7-6-16(19)18-12-4-5-14-15(9-12)22-10-21-14/h1-5,8-9H,6-7,10H2,(H,18,19). The van der Waals surface area contributed by atoms with Crippen molar-refractivity contribution in [3.8, 4) is 17.2 Å². The molecular weight excluding hydrogens is 350 g/mol. The number of rotatable bonds is 5. The summed E-state index contributed by atoms with van der Waals surface area (Å²) >= 11 is 3.37. The molecule has 0 fully saturated rings. The molecule has 0 unspecified atom stereocenters. The Morgan fingerprint density at radius 3 is 2.91 bits per heavy atom. The first-order chi connectivity index (χ1) is 10.7. The average molecular weight is 364 g/mol. The Bertz CT molecular complexity index is 690. The lowest BCUT2D eigenvalue weighted by molar-refractivity contribution is -0.116. The summed E-state index contributed by atoms with van der Waals surface area (Å²) in [6, 6.07) is 12.8. The summed E-state index contributed by atoms with van der Waals surface area (Å²) in [6.45, 7) is 0.528. The molecule has 0 atom stereocenters. The second-order valence-electron chi connectivity index (χ2n) is 4.67. The van der Waals surface area contributed by atoms with Crippen LogP contribution in [0.15, 0.2) is 46.9 Å². The highest BCUT2D eigenvalue weighted by Gasteiger charge is 2.14. The van der Waals surface area contributed by atoms with E-state index >= 15 is 0 Å². The Morgan fingerprint density at radius 2 is 2.05 bits per heavy atom. The lowest BCUT2D eigenvalue weighted by atomic mass is 10.2. The minimum atomic E-state index is -0.117. The first kappa shape index (κ1) is 14.7. The molecule has 0 aromatic heterocycles. The maximum absolute atomic E-state index is 11.9. The van der Waals surface area contributed by atoms with Gasteiger partial charge in [0.2, 0.25) is 12.7 Å². The van der Waals surface area contributed by atoms with E-state index in [0.717, 1.165) is 10.2 Å². The van der Waals surface area contributed by atoms with Crippen LogP contribution >= 0.6 is 15.9 Å². The summed E-state index contributed by atoms with van der Waals surface area (Å²) in [5, 5.41) is 2.81. The zero-order valence-corrected chi connectivity index (χ0v) is 13.3. The molecule has 0 saturated carbocycles. The van der Waals surface area contributed by atoms with E-state index in [2.05, 4.69) is 21.2 Å². The highest BCUT2D eigenvalue weighted by molar-refractivity contribution is 9.10. The predicted molar refractivity (Wildman–Crippen MR) is 85.4 cm³/mol. The summed E-state index contributed by atoms with van der Waals surface area (Å²) in [5.74, 6) is 1.94. The summed E-state index contributed by atoms with van der Waals surface area (Å²) in [4.78, 5) is 11.9. The number of amides is 1. The van der Waals surface area contributed by atoms with Gasteiger partial charge in [-0.1, -0.05) is 22.0 Å². The molecule has 3 rings (SSSR count). The number of hydrogen-bond acceptors (Lipinski definition) is 4. The molecule has 0 spiro atoms. The molecule has 5 nitrogen and oxygen atoms in total. The van der Waals surface area contributed by atoms with Gasteiger partial charge in [-0.3, -0.25) is 4.79 Å². The van der Waals surface area contributed by atoms with Gasteiger partial charge in [0, 0.05) is 16.2 Å². The van der Waals surface area contributed by atoms with E-state index in [0.29, 0.717) is 23.8 Å². The second kappa shape index (κ2) is 6.70. The number of fused-ring (bicyclic) bond motifs is 1. The monoisotopic (exact) mass is 363 g/mol. The van der Waals surface area contributed by atoms with Crippen LogP contribution in [0.1, 0.15) is 6.42 Å². The first-order valence-corrected chi connectivity index (χ1v) is 7.58. The Labute approximate surface area is 136 Å². The summed E-state index contributed by atoms with van der Waals surface area (Å²) < 4.78 is 17.0. The number of carbonyl (C=O) groups excluding carboxylic acids is 1. The van der Waals surface area contributed by atoms with Crippen molar-refractivity contribution >= 4 is 27.5 Å². The highest BCUT2D eigenvalue weighted by Crippen LogP contribution is 2.34. The minimum absolute atomic E-state index is 0.117. The van der Waals surface area contributed by atoms with Crippen LogP contribution in [-0.4, -0.2) is 19.3 Å². The number of carbonyl (C=O) groups is 1. The highest BCUT2D eigenvalue weighted by atomic mass is 79.9. The lowest BCUT2D eigenvalue weighted by Gasteiger charge is -2.08. The van der Waals surface area contributed by atoms with Crippen molar-refractivity contribution < 1.29 is 19.0 Å². The normalized spacial score (nSPS) is 12.0. The van der Waals surface area contributed by atoms with Crippen LogP contribution < -0.4 is 19.5 Å². The molecule has 114 valence electrons. The SMILES string of the molecule is O=C(CCOc1cccc(Br)c1)Nc1ccc2c(c1)OCO2. The average Bonchev–Trinajstić information content (AvgIpc) is 2.95. The number of nitrogens with one attached hydrogen (secondary N) is 1. The Morgan fingerprint density at radius 1 is 1.18 bits per heavy atom. The number of hydrogen-bond donors (Lipinski definition) is 1. The van der Waals surface area contributed by atoms with Crippen LogP contribution in [0.2, 0.25) is 0 Å². The molecule has 22 heavy (non-hydrogen) atoms. The molecule has 0 bridgehead atoms. The van der Waals surface area contributed by atoms with Crippen molar-refractivity contribution in [2.24, 2.45) is 0 Å². The molecule has 2 aromatic rings. The molecule has 1 N–H and O–H groups in total. The molecule has 0 saturated heterocycles. The fraction of sp³-hybridized carbons (Fsp3) is 0.188. The van der Waals surface area contributed by atoms with Crippen LogP contribution in [0.25, 0.3) is 0 Å². The van der Waals surface area contributed by atoms with Crippen LogP contribution in [0, 0.1) is 0 Å². The minimum Gasteiger partial charge on any atom is -0.493 e. The topological polar surface area (TPSA) is 56.8 Å². The Kier molecular flexibility index (Phi) is 4.48. The van der Waals surface area contributed by atoms with E-state index in [4.69, 9.17) is 14.2 Å². The van der Waals surface area contributed by atoms with Gasteiger partial charge < -0.3 is 19.5 Å². The summed E-state index contributed by atoms with van der Waals surface area (Å²) in [6.07, 6.45) is 0.265. The van der Waals surface area contributed by atoms with Crippen molar-refractivity contribution in [2.75, 3.05) is 18.7 Å². The Hall–Kier alpha value is -2.21. The zero-order chi connectivity index (χ0) is 15.4. The fourth-order valence-corrected chi connectivity index (χ4v) is 2.39. The molecule has 6 heteroatoms. The lowest BCUT2D eigenvalue weighted by Crippen LogP contribution is -2.15. The van der Waals surface area contributed by atoms with Gasteiger partial charge in [0.1, 0.15) is 5.75 Å². The number of anilines is 1. The van der Waals surface area contributed by atoms with Crippen LogP contribution in [0.3, 0.4) is 0 Å². The largest absolute Gasteiger partial charge is 0.493 e. The third kappa shape index (κ3) is 3.71. The number of benzene rings is 2. The maximum Gasteiger partial charge on any atom is 0.231 e. The quantitative estimate of drug-likeness (QED) is 0.881. The third-order valence-corrected chi connectivity index (χ3v) is 3.54. The molecule has 0 radical (unpaired) electrons. The number of halogens is 1. The van der Waals surface area contributed by atoms with Gasteiger partial charge in [-0.2, -0.15) is 0 Å². The molecule has 1 aliphatic rings. The molecule has 2 aromatic carbocycles. The predicted octanol–water partition coefficient (Wildman–Crippen LogP) is 3.59. The Balaban J connectivity index is 1.48. The van der Waals surface area contributed by atoms with Crippen molar-refractivity contribution in [3.63, 3.8) is 0 Å². The molecule has 0 aliphatic carbocycles. The van der Waals surface area contributed by atoms with Gasteiger partial charge in [-0.25, -0.2) is 0 Å². The van der Waals surface area contributed by atoms with E-state index in [1.807, 2.05) is 24.3 Å². The van der Waals surface area contributed by atoms with Crippen LogP contribution in [-0.2, 0) is 4.79 Å². The van der Waals surface area contributed by atoms with Crippen molar-refractivity contribution in [1.29, 1.82) is 0 Å².